The highest BCUT2D eigenvalue weighted by Gasteiger charge is 2.26. The van der Waals surface area contributed by atoms with Gasteiger partial charge in [-0.2, -0.15) is 9.78 Å². The van der Waals surface area contributed by atoms with Crippen LogP contribution in [0.5, 0.6) is 0 Å². The summed E-state index contributed by atoms with van der Waals surface area (Å²) in [6.45, 7) is 4.52. The quantitative estimate of drug-likeness (QED) is 0.608. The van der Waals surface area contributed by atoms with Gasteiger partial charge in [0.1, 0.15) is 0 Å². The van der Waals surface area contributed by atoms with Gasteiger partial charge in [0, 0.05) is 31.6 Å². The lowest BCUT2D eigenvalue weighted by Gasteiger charge is -2.28. The standard InChI is InChI=1S/C27H32N4O2/c32-26-24-15-8-7-14-23(24)25(28-31(26)22-12-5-2-6-13-22)27(33)30-17-9-16-29(18-19-30)20-21-10-3-1-4-11-21/h2,5-8,12-15,21H,1,3-4,9-11,16-20H2. The molecule has 3 aromatic rings. The van der Waals surface area contributed by atoms with Crippen molar-refractivity contribution in [3.05, 3.63) is 70.6 Å². The molecule has 2 fully saturated rings. The first-order chi connectivity index (χ1) is 16.2. The molecular formula is C27H32N4O2. The van der Waals surface area contributed by atoms with Crippen molar-refractivity contribution < 1.29 is 4.79 Å². The third-order valence-corrected chi connectivity index (χ3v) is 7.13. The molecule has 0 N–H and O–H groups in total. The largest absolute Gasteiger partial charge is 0.336 e. The highest BCUT2D eigenvalue weighted by atomic mass is 16.2. The summed E-state index contributed by atoms with van der Waals surface area (Å²) in [5.41, 5.74) is 0.814. The van der Waals surface area contributed by atoms with E-state index in [1.165, 1.54) is 36.8 Å². The zero-order valence-electron chi connectivity index (χ0n) is 19.2. The maximum atomic E-state index is 13.7. The zero-order valence-corrected chi connectivity index (χ0v) is 19.2. The van der Waals surface area contributed by atoms with E-state index in [9.17, 15) is 9.59 Å². The number of nitrogens with zero attached hydrogens (tertiary/aromatic N) is 4. The molecule has 1 saturated carbocycles. The third-order valence-electron chi connectivity index (χ3n) is 7.13. The lowest BCUT2D eigenvalue weighted by Crippen LogP contribution is -2.38. The molecule has 33 heavy (non-hydrogen) atoms. The molecular weight excluding hydrogens is 412 g/mol. The van der Waals surface area contributed by atoms with Gasteiger partial charge in [0.05, 0.1) is 11.1 Å². The Labute approximate surface area is 194 Å². The SMILES string of the molecule is O=C(c1nn(-c2ccccc2)c(=O)c2ccccc12)N1CCCN(CC2CCCCC2)CC1. The van der Waals surface area contributed by atoms with Crippen LogP contribution in [-0.2, 0) is 0 Å². The van der Waals surface area contributed by atoms with Crippen LogP contribution in [0.1, 0.15) is 49.0 Å². The third kappa shape index (κ3) is 4.71. The molecule has 1 aromatic heterocycles. The Balaban J connectivity index is 1.41. The van der Waals surface area contributed by atoms with Gasteiger partial charge >= 0.3 is 0 Å². The molecule has 0 unspecified atom stereocenters. The Morgan fingerprint density at radius 2 is 1.55 bits per heavy atom. The number of para-hydroxylation sites is 1. The van der Waals surface area contributed by atoms with Gasteiger partial charge in [-0.3, -0.25) is 9.59 Å². The van der Waals surface area contributed by atoms with Crippen LogP contribution in [0.4, 0.5) is 0 Å². The minimum absolute atomic E-state index is 0.0876. The lowest BCUT2D eigenvalue weighted by atomic mass is 9.89. The number of carbonyl (C=O) groups excluding carboxylic acids is 1. The van der Waals surface area contributed by atoms with E-state index in [0.717, 1.165) is 38.5 Å². The fourth-order valence-corrected chi connectivity index (χ4v) is 5.33. The average Bonchev–Trinajstić information content (AvgIpc) is 3.11. The van der Waals surface area contributed by atoms with Crippen molar-refractivity contribution in [3.63, 3.8) is 0 Å². The number of hydrogen-bond acceptors (Lipinski definition) is 4. The summed E-state index contributed by atoms with van der Waals surface area (Å²) in [6.07, 6.45) is 7.75. The van der Waals surface area contributed by atoms with Crippen LogP contribution >= 0.6 is 0 Å². The molecule has 0 radical (unpaired) electrons. The normalized spacial score (nSPS) is 18.4. The summed E-state index contributed by atoms with van der Waals surface area (Å²) in [7, 11) is 0. The second-order valence-corrected chi connectivity index (χ2v) is 9.40. The predicted molar refractivity (Wildman–Crippen MR) is 131 cm³/mol. The van der Waals surface area contributed by atoms with Crippen molar-refractivity contribution >= 4 is 16.7 Å². The monoisotopic (exact) mass is 444 g/mol. The number of aromatic nitrogens is 2. The van der Waals surface area contributed by atoms with Crippen LogP contribution in [0.2, 0.25) is 0 Å². The Bertz CT molecular complexity index is 1170. The molecule has 0 bridgehead atoms. The summed E-state index contributed by atoms with van der Waals surface area (Å²) in [6, 6.07) is 16.6. The van der Waals surface area contributed by atoms with E-state index in [4.69, 9.17) is 0 Å². The van der Waals surface area contributed by atoms with Gasteiger partial charge in [-0.15, -0.1) is 0 Å². The molecule has 5 rings (SSSR count). The number of rotatable bonds is 4. The first kappa shape index (κ1) is 21.8. The van der Waals surface area contributed by atoms with Crippen molar-refractivity contribution in [3.8, 4) is 5.69 Å². The topological polar surface area (TPSA) is 58.4 Å². The Morgan fingerprint density at radius 1 is 0.818 bits per heavy atom. The van der Waals surface area contributed by atoms with Crippen molar-refractivity contribution in [2.75, 3.05) is 32.7 Å². The van der Waals surface area contributed by atoms with Gasteiger partial charge in [-0.1, -0.05) is 55.7 Å². The molecule has 2 aromatic carbocycles. The van der Waals surface area contributed by atoms with Gasteiger partial charge in [-0.05, 0) is 49.9 Å². The summed E-state index contributed by atoms with van der Waals surface area (Å²) < 4.78 is 1.36. The summed E-state index contributed by atoms with van der Waals surface area (Å²) in [5, 5.41) is 5.74. The van der Waals surface area contributed by atoms with E-state index in [0.29, 0.717) is 28.7 Å². The van der Waals surface area contributed by atoms with Crippen molar-refractivity contribution in [1.82, 2.24) is 19.6 Å². The minimum Gasteiger partial charge on any atom is -0.336 e. The zero-order chi connectivity index (χ0) is 22.6. The van der Waals surface area contributed by atoms with Crippen LogP contribution in [0.3, 0.4) is 0 Å². The molecule has 2 heterocycles. The fraction of sp³-hybridized carbons (Fsp3) is 0.444. The second-order valence-electron chi connectivity index (χ2n) is 9.40. The van der Waals surface area contributed by atoms with Crippen LogP contribution in [0.15, 0.2) is 59.4 Å². The van der Waals surface area contributed by atoms with E-state index in [-0.39, 0.29) is 11.5 Å². The number of amides is 1. The molecule has 1 saturated heterocycles. The van der Waals surface area contributed by atoms with Crippen molar-refractivity contribution in [2.45, 2.75) is 38.5 Å². The number of fused-ring (bicyclic) bond motifs is 1. The highest BCUT2D eigenvalue weighted by molar-refractivity contribution is 6.04. The first-order valence-electron chi connectivity index (χ1n) is 12.3. The maximum absolute atomic E-state index is 13.7. The summed E-state index contributed by atoms with van der Waals surface area (Å²) in [5.74, 6) is 0.719. The Kier molecular flexibility index (Phi) is 6.53. The summed E-state index contributed by atoms with van der Waals surface area (Å²) >= 11 is 0. The number of carbonyl (C=O) groups is 1. The number of benzene rings is 2. The van der Waals surface area contributed by atoms with Gasteiger partial charge in [0.15, 0.2) is 5.69 Å². The first-order valence-corrected chi connectivity index (χ1v) is 12.3. The van der Waals surface area contributed by atoms with Crippen LogP contribution in [-0.4, -0.2) is 58.2 Å². The van der Waals surface area contributed by atoms with E-state index in [1.807, 2.05) is 53.4 Å². The summed E-state index contributed by atoms with van der Waals surface area (Å²) in [4.78, 5) is 31.3. The van der Waals surface area contributed by atoms with Gasteiger partial charge < -0.3 is 9.80 Å². The van der Waals surface area contributed by atoms with E-state index < -0.39 is 0 Å². The minimum atomic E-state index is -0.206. The molecule has 172 valence electrons. The molecule has 1 aliphatic carbocycles. The van der Waals surface area contributed by atoms with Crippen LogP contribution in [0.25, 0.3) is 16.5 Å². The second kappa shape index (κ2) is 9.87. The van der Waals surface area contributed by atoms with Gasteiger partial charge in [0.2, 0.25) is 0 Å². The van der Waals surface area contributed by atoms with E-state index in [1.54, 1.807) is 6.07 Å². The molecule has 6 nitrogen and oxygen atoms in total. The lowest BCUT2D eigenvalue weighted by molar-refractivity contribution is 0.0754. The number of hydrogen-bond donors (Lipinski definition) is 0. The molecule has 2 aliphatic rings. The van der Waals surface area contributed by atoms with Crippen molar-refractivity contribution in [2.24, 2.45) is 5.92 Å². The molecule has 1 amide bonds. The maximum Gasteiger partial charge on any atom is 0.279 e. The van der Waals surface area contributed by atoms with Crippen LogP contribution < -0.4 is 5.56 Å². The molecule has 0 atom stereocenters. The Morgan fingerprint density at radius 3 is 2.33 bits per heavy atom. The average molecular weight is 445 g/mol. The molecule has 6 heteroatoms. The van der Waals surface area contributed by atoms with Crippen LogP contribution in [0, 0.1) is 5.92 Å². The van der Waals surface area contributed by atoms with Gasteiger partial charge in [0.25, 0.3) is 11.5 Å². The van der Waals surface area contributed by atoms with E-state index in [2.05, 4.69) is 10.00 Å². The molecule has 0 spiro atoms. The predicted octanol–water partition coefficient (Wildman–Crippen LogP) is 4.11. The fourth-order valence-electron chi connectivity index (χ4n) is 5.33. The van der Waals surface area contributed by atoms with Crippen molar-refractivity contribution in [1.29, 1.82) is 0 Å². The van der Waals surface area contributed by atoms with E-state index >= 15 is 0 Å². The Hall–Kier alpha value is -2.99. The van der Waals surface area contributed by atoms with Gasteiger partial charge in [-0.25, -0.2) is 0 Å². The molecule has 1 aliphatic heterocycles. The smallest absolute Gasteiger partial charge is 0.279 e. The highest BCUT2D eigenvalue weighted by Crippen LogP contribution is 2.25.